The fourth-order valence-electron chi connectivity index (χ4n) is 0.926. The second-order valence-electron chi connectivity index (χ2n) is 2.49. The van der Waals surface area contributed by atoms with Gasteiger partial charge in [-0.3, -0.25) is 0 Å². The summed E-state index contributed by atoms with van der Waals surface area (Å²) in [6.45, 7) is 13.0. The molecule has 0 bridgehead atoms. The Hall–Kier alpha value is -0.0400. The zero-order valence-corrected chi connectivity index (χ0v) is 8.91. The average Bonchev–Trinajstić information content (AvgIpc) is 2.10. The Bertz CT molecular complexity index is 53.8. The quantitative estimate of drug-likeness (QED) is 0.652. The standard InChI is InChI=1S/C8H19N.C2H6.H2/c1-4-8(5-2)7-9-6-3;1-2;/h8-9H,4-7H2,1-3H3;1-2H3;1H. The van der Waals surface area contributed by atoms with E-state index in [1.807, 2.05) is 13.8 Å². The minimum Gasteiger partial charge on any atom is -0.317 e. The Kier molecular flexibility index (Phi) is 15.5. The van der Waals surface area contributed by atoms with Gasteiger partial charge in [-0.05, 0) is 19.0 Å². The maximum atomic E-state index is 3.35. The highest BCUT2D eigenvalue weighted by atomic mass is 14.8. The molecule has 0 aromatic carbocycles. The van der Waals surface area contributed by atoms with E-state index in [0.717, 1.165) is 12.5 Å². The highest BCUT2D eigenvalue weighted by Gasteiger charge is 1.99. The first-order chi connectivity index (χ1) is 5.35. The van der Waals surface area contributed by atoms with Gasteiger partial charge in [0.05, 0.1) is 0 Å². The predicted octanol–water partition coefficient (Wildman–Crippen LogP) is 3.30. The second-order valence-corrected chi connectivity index (χ2v) is 2.49. The molecule has 0 unspecified atom stereocenters. The van der Waals surface area contributed by atoms with Crippen LogP contribution in [0.3, 0.4) is 0 Å². The van der Waals surface area contributed by atoms with Crippen LogP contribution in [-0.4, -0.2) is 13.1 Å². The Morgan fingerprint density at radius 3 is 1.82 bits per heavy atom. The number of hydrogen-bond acceptors (Lipinski definition) is 1. The van der Waals surface area contributed by atoms with Crippen molar-refractivity contribution in [2.45, 2.75) is 47.5 Å². The molecule has 0 aliphatic heterocycles. The molecule has 0 atom stereocenters. The average molecular weight is 161 g/mol. The van der Waals surface area contributed by atoms with Crippen LogP contribution in [0.2, 0.25) is 0 Å². The summed E-state index contributed by atoms with van der Waals surface area (Å²) in [4.78, 5) is 0. The van der Waals surface area contributed by atoms with Gasteiger partial charge in [0.2, 0.25) is 0 Å². The fourth-order valence-corrected chi connectivity index (χ4v) is 0.926. The third-order valence-electron chi connectivity index (χ3n) is 1.84. The highest BCUT2D eigenvalue weighted by Crippen LogP contribution is 2.04. The van der Waals surface area contributed by atoms with Crippen LogP contribution in [0.5, 0.6) is 0 Å². The van der Waals surface area contributed by atoms with Crippen molar-refractivity contribution in [3.05, 3.63) is 0 Å². The first-order valence-corrected chi connectivity index (χ1v) is 5.05. The van der Waals surface area contributed by atoms with E-state index in [9.17, 15) is 0 Å². The van der Waals surface area contributed by atoms with Crippen molar-refractivity contribution in [2.75, 3.05) is 13.1 Å². The number of nitrogens with one attached hydrogen (secondary N) is 1. The molecule has 0 amide bonds. The molecule has 0 aromatic rings. The molecule has 0 heterocycles. The lowest BCUT2D eigenvalue weighted by molar-refractivity contribution is 0.456. The van der Waals surface area contributed by atoms with E-state index < -0.39 is 0 Å². The molecule has 1 nitrogen and oxygen atoms in total. The van der Waals surface area contributed by atoms with Crippen molar-refractivity contribution >= 4 is 0 Å². The maximum absolute atomic E-state index is 3.35. The van der Waals surface area contributed by atoms with E-state index in [0.29, 0.717) is 0 Å². The van der Waals surface area contributed by atoms with Gasteiger partial charge in [-0.15, -0.1) is 0 Å². The summed E-state index contributed by atoms with van der Waals surface area (Å²) < 4.78 is 0. The largest absolute Gasteiger partial charge is 0.317 e. The van der Waals surface area contributed by atoms with Crippen LogP contribution >= 0.6 is 0 Å². The molecule has 0 saturated carbocycles. The summed E-state index contributed by atoms with van der Waals surface area (Å²) in [5, 5.41) is 3.35. The van der Waals surface area contributed by atoms with Gasteiger partial charge in [-0.25, -0.2) is 0 Å². The molecule has 0 saturated heterocycles. The molecule has 0 fully saturated rings. The Labute approximate surface area is 74.1 Å². The van der Waals surface area contributed by atoms with Crippen molar-refractivity contribution in [3.8, 4) is 0 Å². The summed E-state index contributed by atoms with van der Waals surface area (Å²) >= 11 is 0. The molecule has 11 heavy (non-hydrogen) atoms. The van der Waals surface area contributed by atoms with Crippen molar-refractivity contribution < 1.29 is 1.43 Å². The lowest BCUT2D eigenvalue weighted by atomic mass is 10.0. The van der Waals surface area contributed by atoms with Crippen molar-refractivity contribution in [2.24, 2.45) is 5.92 Å². The van der Waals surface area contributed by atoms with Gasteiger partial charge < -0.3 is 5.32 Å². The lowest BCUT2D eigenvalue weighted by Gasteiger charge is -2.11. The molecule has 0 spiro atoms. The van der Waals surface area contributed by atoms with E-state index in [1.165, 1.54) is 19.4 Å². The van der Waals surface area contributed by atoms with Crippen LogP contribution in [-0.2, 0) is 0 Å². The van der Waals surface area contributed by atoms with Gasteiger partial charge in [-0.1, -0.05) is 47.5 Å². The molecule has 72 valence electrons. The first kappa shape index (κ1) is 13.5. The van der Waals surface area contributed by atoms with E-state index in [-0.39, 0.29) is 1.43 Å². The van der Waals surface area contributed by atoms with Gasteiger partial charge in [-0.2, -0.15) is 0 Å². The SMILES string of the molecule is CC.CCNCC(CC)CC.[HH]. The Morgan fingerprint density at radius 1 is 1.09 bits per heavy atom. The van der Waals surface area contributed by atoms with Gasteiger partial charge in [0.25, 0.3) is 0 Å². The molecule has 1 heteroatoms. The number of rotatable bonds is 5. The molecule has 0 radical (unpaired) electrons. The summed E-state index contributed by atoms with van der Waals surface area (Å²) in [7, 11) is 0. The minimum atomic E-state index is 0. The third kappa shape index (κ3) is 9.96. The Balaban J connectivity index is -0.000000249. The minimum absolute atomic E-state index is 0. The molecular weight excluding hydrogens is 134 g/mol. The third-order valence-corrected chi connectivity index (χ3v) is 1.84. The molecular formula is C10H27N. The van der Waals surface area contributed by atoms with E-state index in [4.69, 9.17) is 0 Å². The normalized spacial score (nSPS) is 9.27. The van der Waals surface area contributed by atoms with E-state index in [2.05, 4.69) is 26.1 Å². The van der Waals surface area contributed by atoms with Gasteiger partial charge in [0, 0.05) is 1.43 Å². The molecule has 0 aliphatic rings. The molecule has 0 rings (SSSR count). The first-order valence-electron chi connectivity index (χ1n) is 5.05. The second kappa shape index (κ2) is 12.6. The van der Waals surface area contributed by atoms with Crippen LogP contribution in [0.15, 0.2) is 0 Å². The summed E-state index contributed by atoms with van der Waals surface area (Å²) in [5.74, 6) is 0.893. The highest BCUT2D eigenvalue weighted by molar-refractivity contribution is 4.56. The van der Waals surface area contributed by atoms with Crippen LogP contribution in [0.4, 0.5) is 0 Å². The molecule has 0 aliphatic carbocycles. The molecule has 0 aromatic heterocycles. The predicted molar refractivity (Wildman–Crippen MR) is 56.1 cm³/mol. The van der Waals surface area contributed by atoms with Gasteiger partial charge in [0.15, 0.2) is 0 Å². The summed E-state index contributed by atoms with van der Waals surface area (Å²) in [5.41, 5.74) is 0. The zero-order valence-electron chi connectivity index (χ0n) is 8.91. The topological polar surface area (TPSA) is 12.0 Å². The van der Waals surface area contributed by atoms with Crippen molar-refractivity contribution in [3.63, 3.8) is 0 Å². The maximum Gasteiger partial charge on any atom is 0 e. The van der Waals surface area contributed by atoms with E-state index in [1.54, 1.807) is 0 Å². The van der Waals surface area contributed by atoms with Crippen LogP contribution in [0.1, 0.15) is 48.9 Å². The van der Waals surface area contributed by atoms with Crippen LogP contribution in [0, 0.1) is 5.92 Å². The van der Waals surface area contributed by atoms with Crippen LogP contribution in [0.25, 0.3) is 0 Å². The summed E-state index contributed by atoms with van der Waals surface area (Å²) in [6, 6.07) is 0. The lowest BCUT2D eigenvalue weighted by Crippen LogP contribution is -2.21. The van der Waals surface area contributed by atoms with Crippen LogP contribution < -0.4 is 5.32 Å². The van der Waals surface area contributed by atoms with Gasteiger partial charge >= 0.3 is 0 Å². The number of hydrogen-bond donors (Lipinski definition) is 1. The Morgan fingerprint density at radius 2 is 1.55 bits per heavy atom. The summed E-state index contributed by atoms with van der Waals surface area (Å²) in [6.07, 6.45) is 2.62. The van der Waals surface area contributed by atoms with Gasteiger partial charge in [0.1, 0.15) is 0 Å². The van der Waals surface area contributed by atoms with Crippen molar-refractivity contribution in [1.29, 1.82) is 0 Å². The van der Waals surface area contributed by atoms with Crippen molar-refractivity contribution in [1.82, 2.24) is 5.32 Å². The van der Waals surface area contributed by atoms with E-state index >= 15 is 0 Å². The molecule has 1 N–H and O–H groups in total. The zero-order chi connectivity index (χ0) is 9.11. The monoisotopic (exact) mass is 161 g/mol. The smallest absolute Gasteiger partial charge is 0 e. The fraction of sp³-hybridized carbons (Fsp3) is 1.00.